The lowest BCUT2D eigenvalue weighted by atomic mass is 9.99. The molecule has 22 heavy (non-hydrogen) atoms. The van der Waals surface area contributed by atoms with Gasteiger partial charge in [-0.1, -0.05) is 20.3 Å². The predicted octanol–water partition coefficient (Wildman–Crippen LogP) is 4.16. The van der Waals surface area contributed by atoms with E-state index in [-0.39, 0.29) is 5.91 Å². The molecule has 0 atom stereocenters. The van der Waals surface area contributed by atoms with E-state index in [1.807, 2.05) is 12.1 Å². The Morgan fingerprint density at radius 1 is 1.18 bits per heavy atom. The lowest BCUT2D eigenvalue weighted by molar-refractivity contribution is 0.0954. The summed E-state index contributed by atoms with van der Waals surface area (Å²) in [7, 11) is 0. The van der Waals surface area contributed by atoms with Crippen LogP contribution in [0, 0.1) is 5.92 Å². The number of hydrogen-bond acceptors (Lipinski definition) is 3. The minimum Gasteiger partial charge on any atom is -0.494 e. The molecule has 4 heteroatoms. The molecule has 0 heterocycles. The van der Waals surface area contributed by atoms with Gasteiger partial charge in [-0.15, -0.1) is 0 Å². The van der Waals surface area contributed by atoms with Crippen molar-refractivity contribution in [1.82, 2.24) is 5.43 Å². The van der Waals surface area contributed by atoms with Crippen LogP contribution in [0.5, 0.6) is 5.75 Å². The standard InChI is InChI=1S/C18H26N2O2/c1-14(2)12-13-22-17-10-8-15(9-11-17)18(21)20-19-16-6-4-3-5-7-16/h8-11,14H,3-7,12-13H2,1-2H3,(H,20,21). The molecule has 0 radical (unpaired) electrons. The molecule has 4 nitrogen and oxygen atoms in total. The summed E-state index contributed by atoms with van der Waals surface area (Å²) in [5.74, 6) is 1.27. The summed E-state index contributed by atoms with van der Waals surface area (Å²) in [5, 5.41) is 4.24. The molecule has 0 aromatic heterocycles. The van der Waals surface area contributed by atoms with Crippen LogP contribution in [0.2, 0.25) is 0 Å². The fourth-order valence-electron chi connectivity index (χ4n) is 2.38. The highest BCUT2D eigenvalue weighted by molar-refractivity contribution is 5.95. The van der Waals surface area contributed by atoms with Crippen molar-refractivity contribution < 1.29 is 9.53 Å². The topological polar surface area (TPSA) is 50.7 Å². The van der Waals surface area contributed by atoms with Gasteiger partial charge in [-0.25, -0.2) is 5.43 Å². The van der Waals surface area contributed by atoms with E-state index in [1.165, 1.54) is 19.3 Å². The first-order valence-electron chi connectivity index (χ1n) is 8.24. The van der Waals surface area contributed by atoms with Gasteiger partial charge in [0.15, 0.2) is 0 Å². The Morgan fingerprint density at radius 3 is 2.50 bits per heavy atom. The molecule has 0 aliphatic heterocycles. The Bertz CT molecular complexity index is 498. The minimum atomic E-state index is -0.160. The second-order valence-electron chi connectivity index (χ2n) is 6.23. The second-order valence-corrected chi connectivity index (χ2v) is 6.23. The van der Waals surface area contributed by atoms with E-state index in [0.29, 0.717) is 18.1 Å². The first kappa shape index (κ1) is 16.5. The van der Waals surface area contributed by atoms with E-state index < -0.39 is 0 Å². The van der Waals surface area contributed by atoms with Crippen molar-refractivity contribution in [3.05, 3.63) is 29.8 Å². The van der Waals surface area contributed by atoms with E-state index in [2.05, 4.69) is 24.4 Å². The summed E-state index contributed by atoms with van der Waals surface area (Å²) in [5.41, 5.74) is 4.37. The van der Waals surface area contributed by atoms with Gasteiger partial charge in [-0.3, -0.25) is 4.79 Å². The van der Waals surface area contributed by atoms with Crippen LogP contribution in [0.1, 0.15) is 62.7 Å². The predicted molar refractivity (Wildman–Crippen MR) is 89.4 cm³/mol. The van der Waals surface area contributed by atoms with Crippen molar-refractivity contribution in [2.24, 2.45) is 11.0 Å². The van der Waals surface area contributed by atoms with Crippen LogP contribution in [-0.2, 0) is 0 Å². The van der Waals surface area contributed by atoms with Crippen molar-refractivity contribution in [2.75, 3.05) is 6.61 Å². The van der Waals surface area contributed by atoms with Crippen LogP contribution in [-0.4, -0.2) is 18.2 Å². The van der Waals surface area contributed by atoms with E-state index in [4.69, 9.17) is 4.74 Å². The molecule has 1 aromatic carbocycles. The van der Waals surface area contributed by atoms with Crippen molar-refractivity contribution in [1.29, 1.82) is 0 Å². The molecule has 1 aliphatic carbocycles. The zero-order chi connectivity index (χ0) is 15.8. The Balaban J connectivity index is 1.82. The van der Waals surface area contributed by atoms with Crippen LogP contribution >= 0.6 is 0 Å². The first-order chi connectivity index (χ1) is 10.6. The number of amides is 1. The van der Waals surface area contributed by atoms with Crippen molar-refractivity contribution >= 4 is 11.6 Å². The van der Waals surface area contributed by atoms with Crippen LogP contribution in [0.4, 0.5) is 0 Å². The Morgan fingerprint density at radius 2 is 1.86 bits per heavy atom. The van der Waals surface area contributed by atoms with E-state index in [9.17, 15) is 4.79 Å². The summed E-state index contributed by atoms with van der Waals surface area (Å²) in [6, 6.07) is 7.23. The van der Waals surface area contributed by atoms with Crippen LogP contribution in [0.15, 0.2) is 29.4 Å². The number of rotatable bonds is 6. The molecule has 0 spiro atoms. The number of ether oxygens (including phenoxy) is 1. The van der Waals surface area contributed by atoms with Gasteiger partial charge >= 0.3 is 0 Å². The molecule has 1 saturated carbocycles. The number of hydrogen-bond donors (Lipinski definition) is 1. The molecule has 1 aromatic rings. The first-order valence-corrected chi connectivity index (χ1v) is 8.24. The molecule has 1 amide bonds. The average Bonchev–Trinajstić information content (AvgIpc) is 2.54. The van der Waals surface area contributed by atoms with E-state index in [1.54, 1.807) is 12.1 Å². The monoisotopic (exact) mass is 302 g/mol. The lowest BCUT2D eigenvalue weighted by Gasteiger charge is -2.12. The molecular weight excluding hydrogens is 276 g/mol. The minimum absolute atomic E-state index is 0.160. The van der Waals surface area contributed by atoms with Gasteiger partial charge in [0, 0.05) is 11.3 Å². The van der Waals surface area contributed by atoms with E-state index >= 15 is 0 Å². The highest BCUT2D eigenvalue weighted by atomic mass is 16.5. The maximum Gasteiger partial charge on any atom is 0.271 e. The largest absolute Gasteiger partial charge is 0.494 e. The Labute approximate surface area is 132 Å². The maximum atomic E-state index is 12.0. The van der Waals surface area contributed by atoms with Gasteiger partial charge in [0.05, 0.1) is 6.61 Å². The van der Waals surface area contributed by atoms with Gasteiger partial charge in [0.1, 0.15) is 5.75 Å². The Hall–Kier alpha value is -1.84. The smallest absolute Gasteiger partial charge is 0.271 e. The van der Waals surface area contributed by atoms with Gasteiger partial charge < -0.3 is 4.74 Å². The molecule has 1 fully saturated rings. The lowest BCUT2D eigenvalue weighted by Crippen LogP contribution is -2.20. The van der Waals surface area contributed by atoms with Gasteiger partial charge in [-0.05, 0) is 62.3 Å². The number of carbonyl (C=O) groups is 1. The van der Waals surface area contributed by atoms with E-state index in [0.717, 1.165) is 30.7 Å². The number of nitrogens with zero attached hydrogens (tertiary/aromatic N) is 1. The van der Waals surface area contributed by atoms with Crippen LogP contribution < -0.4 is 10.2 Å². The summed E-state index contributed by atoms with van der Waals surface area (Å²) in [4.78, 5) is 12.0. The van der Waals surface area contributed by atoms with Crippen LogP contribution in [0.3, 0.4) is 0 Å². The third-order valence-corrected chi connectivity index (χ3v) is 3.83. The molecule has 0 saturated heterocycles. The third kappa shape index (κ3) is 5.51. The number of nitrogens with one attached hydrogen (secondary N) is 1. The summed E-state index contributed by atoms with van der Waals surface area (Å²) >= 11 is 0. The quantitative estimate of drug-likeness (QED) is 0.802. The summed E-state index contributed by atoms with van der Waals surface area (Å²) in [6.07, 6.45) is 6.66. The fourth-order valence-corrected chi connectivity index (χ4v) is 2.38. The number of hydrazone groups is 1. The van der Waals surface area contributed by atoms with Gasteiger partial charge in [-0.2, -0.15) is 5.10 Å². The molecule has 1 aliphatic rings. The maximum absolute atomic E-state index is 12.0. The molecule has 1 N–H and O–H groups in total. The number of carbonyl (C=O) groups excluding carboxylic acids is 1. The van der Waals surface area contributed by atoms with Gasteiger partial charge in [0.2, 0.25) is 0 Å². The SMILES string of the molecule is CC(C)CCOc1ccc(C(=O)NN=C2CCCCC2)cc1. The highest BCUT2D eigenvalue weighted by Crippen LogP contribution is 2.15. The van der Waals surface area contributed by atoms with Crippen molar-refractivity contribution in [2.45, 2.75) is 52.4 Å². The average molecular weight is 302 g/mol. The molecular formula is C18H26N2O2. The molecule has 2 rings (SSSR count). The van der Waals surface area contributed by atoms with Gasteiger partial charge in [0.25, 0.3) is 5.91 Å². The molecule has 0 unspecified atom stereocenters. The zero-order valence-corrected chi connectivity index (χ0v) is 13.6. The normalized spacial score (nSPS) is 14.8. The summed E-state index contributed by atoms with van der Waals surface area (Å²) in [6.45, 7) is 5.05. The van der Waals surface area contributed by atoms with Crippen molar-refractivity contribution in [3.8, 4) is 5.75 Å². The van der Waals surface area contributed by atoms with Crippen LogP contribution in [0.25, 0.3) is 0 Å². The summed E-state index contributed by atoms with van der Waals surface area (Å²) < 4.78 is 5.65. The third-order valence-electron chi connectivity index (χ3n) is 3.83. The number of benzene rings is 1. The van der Waals surface area contributed by atoms with Crippen molar-refractivity contribution in [3.63, 3.8) is 0 Å². The Kier molecular flexibility index (Phi) is 6.44. The zero-order valence-electron chi connectivity index (χ0n) is 13.6. The molecule has 120 valence electrons. The second kappa shape index (κ2) is 8.57. The highest BCUT2D eigenvalue weighted by Gasteiger charge is 2.09. The fraction of sp³-hybridized carbons (Fsp3) is 0.556. The molecule has 0 bridgehead atoms.